The van der Waals surface area contributed by atoms with Crippen LogP contribution in [-0.2, 0) is 11.2 Å². The van der Waals surface area contributed by atoms with E-state index in [4.69, 9.17) is 16.3 Å². The fraction of sp³-hybridized carbons (Fsp3) is 0.462. The second-order valence-corrected chi connectivity index (χ2v) is 4.77. The van der Waals surface area contributed by atoms with Gasteiger partial charge in [-0.2, -0.15) is 0 Å². The molecule has 0 radical (unpaired) electrons. The summed E-state index contributed by atoms with van der Waals surface area (Å²) >= 11 is 6.08. The van der Waals surface area contributed by atoms with Crippen molar-refractivity contribution in [1.29, 1.82) is 0 Å². The molecule has 0 heterocycles. The first-order valence-corrected chi connectivity index (χ1v) is 5.94. The number of rotatable bonds is 5. The molecule has 1 aliphatic carbocycles. The van der Waals surface area contributed by atoms with Crippen molar-refractivity contribution in [1.82, 2.24) is 0 Å². The van der Waals surface area contributed by atoms with E-state index in [-0.39, 0.29) is 5.78 Å². The predicted molar refractivity (Wildman–Crippen MR) is 64.1 cm³/mol. The maximum atomic E-state index is 11.1. The Morgan fingerprint density at radius 3 is 2.88 bits per heavy atom. The van der Waals surface area contributed by atoms with Crippen LogP contribution in [0.25, 0.3) is 0 Å². The summed E-state index contributed by atoms with van der Waals surface area (Å²) in [5.74, 6) is 1.49. The quantitative estimate of drug-likeness (QED) is 0.787. The van der Waals surface area contributed by atoms with Crippen molar-refractivity contribution in [3.05, 3.63) is 28.8 Å². The van der Waals surface area contributed by atoms with Crippen molar-refractivity contribution in [2.24, 2.45) is 5.92 Å². The van der Waals surface area contributed by atoms with Crippen molar-refractivity contribution < 1.29 is 9.53 Å². The van der Waals surface area contributed by atoms with Crippen molar-refractivity contribution in [3.63, 3.8) is 0 Å². The van der Waals surface area contributed by atoms with Gasteiger partial charge in [0.2, 0.25) is 0 Å². The molecule has 1 aliphatic rings. The van der Waals surface area contributed by atoms with Gasteiger partial charge in [-0.25, -0.2) is 0 Å². The molecule has 1 aromatic carbocycles. The van der Waals surface area contributed by atoms with Gasteiger partial charge in [-0.3, -0.25) is 4.79 Å². The summed E-state index contributed by atoms with van der Waals surface area (Å²) < 4.78 is 5.71. The van der Waals surface area contributed by atoms with Crippen LogP contribution < -0.4 is 4.74 Å². The summed E-state index contributed by atoms with van der Waals surface area (Å²) in [6, 6.07) is 5.55. The third-order valence-corrected chi connectivity index (χ3v) is 2.95. The van der Waals surface area contributed by atoms with Crippen molar-refractivity contribution >= 4 is 17.4 Å². The van der Waals surface area contributed by atoms with Crippen molar-refractivity contribution in [2.45, 2.75) is 26.2 Å². The van der Waals surface area contributed by atoms with Crippen LogP contribution >= 0.6 is 11.6 Å². The molecule has 0 aromatic heterocycles. The van der Waals surface area contributed by atoms with Gasteiger partial charge in [0.1, 0.15) is 11.5 Å². The molecule has 16 heavy (non-hydrogen) atoms. The van der Waals surface area contributed by atoms with E-state index in [0.29, 0.717) is 29.7 Å². The zero-order chi connectivity index (χ0) is 11.5. The molecule has 0 amide bonds. The van der Waals surface area contributed by atoms with E-state index in [1.54, 1.807) is 13.0 Å². The summed E-state index contributed by atoms with van der Waals surface area (Å²) in [6.07, 6.45) is 2.87. The van der Waals surface area contributed by atoms with Crippen LogP contribution in [0.4, 0.5) is 0 Å². The van der Waals surface area contributed by atoms with Crippen LogP contribution in [0.3, 0.4) is 0 Å². The molecule has 86 valence electrons. The number of para-hydroxylation sites is 1. The fourth-order valence-electron chi connectivity index (χ4n) is 1.61. The number of ether oxygens (including phenoxy) is 1. The Labute approximate surface area is 101 Å². The summed E-state index contributed by atoms with van der Waals surface area (Å²) in [5.41, 5.74) is 0.889. The van der Waals surface area contributed by atoms with E-state index in [1.165, 1.54) is 12.8 Å². The molecule has 1 fully saturated rings. The minimum atomic E-state index is 0.124. The molecule has 0 bridgehead atoms. The lowest BCUT2D eigenvalue weighted by atomic mass is 10.1. The third-order valence-electron chi connectivity index (χ3n) is 2.65. The summed E-state index contributed by atoms with van der Waals surface area (Å²) in [7, 11) is 0. The molecule has 1 aromatic rings. The maximum absolute atomic E-state index is 11.1. The Morgan fingerprint density at radius 1 is 1.50 bits per heavy atom. The van der Waals surface area contributed by atoms with Crippen LogP contribution in [0.15, 0.2) is 18.2 Å². The highest BCUT2D eigenvalue weighted by molar-refractivity contribution is 6.32. The first-order chi connectivity index (χ1) is 7.66. The molecule has 2 nitrogen and oxygen atoms in total. The molecule has 0 spiro atoms. The minimum Gasteiger partial charge on any atom is -0.491 e. The van der Waals surface area contributed by atoms with Gasteiger partial charge in [-0.1, -0.05) is 23.7 Å². The smallest absolute Gasteiger partial charge is 0.141 e. The van der Waals surface area contributed by atoms with E-state index >= 15 is 0 Å². The monoisotopic (exact) mass is 238 g/mol. The highest BCUT2D eigenvalue weighted by atomic mass is 35.5. The van der Waals surface area contributed by atoms with Gasteiger partial charge in [0.05, 0.1) is 11.6 Å². The SMILES string of the molecule is CC(=O)Cc1cccc(Cl)c1OCC1CC1. The third kappa shape index (κ3) is 2.99. The number of Topliss-reactive ketones (excluding diaryl/α,β-unsaturated/α-hetero) is 1. The number of halogens is 1. The van der Waals surface area contributed by atoms with E-state index in [2.05, 4.69) is 0 Å². The second-order valence-electron chi connectivity index (χ2n) is 4.36. The molecule has 2 rings (SSSR count). The highest BCUT2D eigenvalue weighted by Crippen LogP contribution is 2.33. The van der Waals surface area contributed by atoms with Gasteiger partial charge in [0.15, 0.2) is 0 Å². The first-order valence-electron chi connectivity index (χ1n) is 5.56. The van der Waals surface area contributed by atoms with Gasteiger partial charge in [0, 0.05) is 12.0 Å². The molecule has 0 N–H and O–H groups in total. The lowest BCUT2D eigenvalue weighted by Gasteiger charge is -2.11. The topological polar surface area (TPSA) is 26.3 Å². The number of carbonyl (C=O) groups is 1. The Kier molecular flexibility index (Phi) is 3.49. The van der Waals surface area contributed by atoms with Gasteiger partial charge < -0.3 is 4.74 Å². The van der Waals surface area contributed by atoms with Crippen LogP contribution in [-0.4, -0.2) is 12.4 Å². The average Bonchev–Trinajstić information content (AvgIpc) is 2.99. The molecule has 0 saturated heterocycles. The van der Waals surface area contributed by atoms with Gasteiger partial charge in [-0.15, -0.1) is 0 Å². The predicted octanol–water partition coefficient (Wildman–Crippen LogP) is 3.26. The standard InChI is InChI=1S/C13H15ClO2/c1-9(15)7-11-3-2-4-12(14)13(11)16-8-10-5-6-10/h2-4,10H,5-8H2,1H3. The molecular weight excluding hydrogens is 224 g/mol. The molecule has 1 saturated carbocycles. The van der Waals surface area contributed by atoms with Crippen molar-refractivity contribution in [2.75, 3.05) is 6.61 Å². The molecule has 0 unspecified atom stereocenters. The van der Waals surface area contributed by atoms with Crippen LogP contribution in [0.1, 0.15) is 25.3 Å². The molecule has 0 aliphatic heterocycles. The zero-order valence-corrected chi connectivity index (χ0v) is 10.1. The number of benzene rings is 1. The normalized spacial score (nSPS) is 14.9. The van der Waals surface area contributed by atoms with Gasteiger partial charge in [0.25, 0.3) is 0 Å². The summed E-state index contributed by atoms with van der Waals surface area (Å²) in [5, 5.41) is 0.597. The van der Waals surface area contributed by atoms with Crippen molar-refractivity contribution in [3.8, 4) is 5.75 Å². The maximum Gasteiger partial charge on any atom is 0.141 e. The zero-order valence-electron chi connectivity index (χ0n) is 9.33. The number of hydrogen-bond acceptors (Lipinski definition) is 2. The Balaban J connectivity index is 2.13. The summed E-state index contributed by atoms with van der Waals surface area (Å²) in [6.45, 7) is 2.29. The van der Waals surface area contributed by atoms with E-state index in [9.17, 15) is 4.79 Å². The lowest BCUT2D eigenvalue weighted by molar-refractivity contribution is -0.116. The Morgan fingerprint density at radius 2 is 2.25 bits per heavy atom. The van der Waals surface area contributed by atoms with E-state index < -0.39 is 0 Å². The van der Waals surface area contributed by atoms with Gasteiger partial charge >= 0.3 is 0 Å². The highest BCUT2D eigenvalue weighted by Gasteiger charge is 2.23. The fourth-order valence-corrected chi connectivity index (χ4v) is 1.86. The number of hydrogen-bond donors (Lipinski definition) is 0. The summed E-state index contributed by atoms with van der Waals surface area (Å²) in [4.78, 5) is 11.1. The van der Waals surface area contributed by atoms with E-state index in [1.807, 2.05) is 12.1 Å². The lowest BCUT2D eigenvalue weighted by Crippen LogP contribution is -2.05. The van der Waals surface area contributed by atoms with Crippen LogP contribution in [0, 0.1) is 5.92 Å². The number of ketones is 1. The molecular formula is C13H15ClO2. The molecule has 0 atom stereocenters. The average molecular weight is 239 g/mol. The van der Waals surface area contributed by atoms with Crippen LogP contribution in [0.2, 0.25) is 5.02 Å². The first kappa shape index (κ1) is 11.5. The van der Waals surface area contributed by atoms with E-state index in [0.717, 1.165) is 5.56 Å². The minimum absolute atomic E-state index is 0.124. The molecule has 3 heteroatoms. The van der Waals surface area contributed by atoms with Crippen LogP contribution in [0.5, 0.6) is 5.75 Å². The second kappa shape index (κ2) is 4.88. The number of carbonyl (C=O) groups excluding carboxylic acids is 1. The largest absolute Gasteiger partial charge is 0.491 e. The Hall–Kier alpha value is -1.02. The Bertz CT molecular complexity index is 397. The van der Waals surface area contributed by atoms with Gasteiger partial charge in [-0.05, 0) is 31.7 Å².